The summed E-state index contributed by atoms with van der Waals surface area (Å²) in [7, 11) is 0. The van der Waals surface area contributed by atoms with E-state index < -0.39 is 0 Å². The van der Waals surface area contributed by atoms with E-state index in [9.17, 15) is 9.18 Å². The van der Waals surface area contributed by atoms with Crippen molar-refractivity contribution in [2.24, 2.45) is 0 Å². The van der Waals surface area contributed by atoms with Gasteiger partial charge in [0.05, 0.1) is 6.42 Å². The molecular weight excluding hydrogens is 303 g/mol. The van der Waals surface area contributed by atoms with E-state index in [1.165, 1.54) is 12.1 Å². The van der Waals surface area contributed by atoms with Crippen molar-refractivity contribution in [1.29, 1.82) is 0 Å². The lowest BCUT2D eigenvalue weighted by Crippen LogP contribution is -2.16. The number of carbonyl (C=O) groups excluding carboxylic acids is 1. The molecule has 1 amide bonds. The van der Waals surface area contributed by atoms with Crippen LogP contribution in [-0.4, -0.2) is 10.9 Å². The molecule has 0 unspecified atom stereocenters. The quantitative estimate of drug-likeness (QED) is 0.703. The van der Waals surface area contributed by atoms with Crippen molar-refractivity contribution in [2.45, 2.75) is 33.1 Å². The first kappa shape index (κ1) is 16.2. The van der Waals surface area contributed by atoms with E-state index in [-0.39, 0.29) is 18.1 Å². The Labute approximate surface area is 140 Å². The fourth-order valence-corrected chi connectivity index (χ4v) is 3.05. The summed E-state index contributed by atoms with van der Waals surface area (Å²) in [5.41, 5.74) is 4.51. The van der Waals surface area contributed by atoms with Crippen LogP contribution in [0, 0.1) is 12.7 Å². The van der Waals surface area contributed by atoms with Crippen LogP contribution in [-0.2, 0) is 11.2 Å². The number of rotatable bonds is 4. The van der Waals surface area contributed by atoms with Gasteiger partial charge in [0.2, 0.25) is 5.91 Å². The van der Waals surface area contributed by atoms with Crippen LogP contribution in [0.5, 0.6) is 0 Å². The average Bonchev–Trinajstić information content (AvgIpc) is 2.83. The minimum atomic E-state index is -0.298. The van der Waals surface area contributed by atoms with Gasteiger partial charge in [0.15, 0.2) is 0 Å². The van der Waals surface area contributed by atoms with Gasteiger partial charge in [-0.2, -0.15) is 0 Å². The molecule has 0 radical (unpaired) electrons. The number of benzene rings is 2. The zero-order valence-corrected chi connectivity index (χ0v) is 14.1. The summed E-state index contributed by atoms with van der Waals surface area (Å²) in [6, 6.07) is 12.4. The van der Waals surface area contributed by atoms with Crippen LogP contribution < -0.4 is 5.32 Å². The van der Waals surface area contributed by atoms with Gasteiger partial charge in [0.1, 0.15) is 5.82 Å². The summed E-state index contributed by atoms with van der Waals surface area (Å²) in [5, 5.41) is 3.75. The Bertz CT molecular complexity index is 896. The van der Waals surface area contributed by atoms with Crippen LogP contribution >= 0.6 is 0 Å². The van der Waals surface area contributed by atoms with Crippen molar-refractivity contribution in [3.63, 3.8) is 0 Å². The van der Waals surface area contributed by atoms with Gasteiger partial charge in [0.25, 0.3) is 0 Å². The fourth-order valence-electron chi connectivity index (χ4n) is 3.05. The van der Waals surface area contributed by atoms with Crippen LogP contribution in [0.25, 0.3) is 10.9 Å². The van der Waals surface area contributed by atoms with Crippen LogP contribution in [0.1, 0.15) is 36.6 Å². The lowest BCUT2D eigenvalue weighted by atomic mass is 10.0. The van der Waals surface area contributed by atoms with E-state index in [0.29, 0.717) is 5.92 Å². The maximum absolute atomic E-state index is 13.5. The Morgan fingerprint density at radius 1 is 1.21 bits per heavy atom. The molecule has 2 aromatic carbocycles. The SMILES string of the molecule is Cc1[nH]c2ccc(F)cc2c1CC(=O)Nc1ccccc1C(C)C. The Balaban J connectivity index is 1.86. The van der Waals surface area contributed by atoms with Crippen molar-refractivity contribution < 1.29 is 9.18 Å². The third-order valence-corrected chi connectivity index (χ3v) is 4.28. The van der Waals surface area contributed by atoms with Crippen molar-refractivity contribution >= 4 is 22.5 Å². The van der Waals surface area contributed by atoms with E-state index in [4.69, 9.17) is 0 Å². The molecule has 3 rings (SSSR count). The molecule has 4 heteroatoms. The van der Waals surface area contributed by atoms with Crippen LogP contribution in [0.4, 0.5) is 10.1 Å². The predicted octanol–water partition coefficient (Wildman–Crippen LogP) is 4.92. The van der Waals surface area contributed by atoms with Crippen molar-refractivity contribution in [3.8, 4) is 0 Å². The number of aromatic nitrogens is 1. The summed E-state index contributed by atoms with van der Waals surface area (Å²) >= 11 is 0. The Hall–Kier alpha value is -2.62. The second-order valence-electron chi connectivity index (χ2n) is 6.39. The highest BCUT2D eigenvalue weighted by Gasteiger charge is 2.15. The standard InChI is InChI=1S/C20H21FN2O/c1-12(2)15-6-4-5-7-18(15)23-20(24)11-16-13(3)22-19-9-8-14(21)10-17(16)19/h4-10,12,22H,11H2,1-3H3,(H,23,24). The van der Waals surface area contributed by atoms with E-state index in [2.05, 4.69) is 24.1 Å². The molecule has 0 fully saturated rings. The lowest BCUT2D eigenvalue weighted by Gasteiger charge is -2.13. The smallest absolute Gasteiger partial charge is 0.228 e. The molecule has 1 aromatic heterocycles. The summed E-state index contributed by atoms with van der Waals surface area (Å²) < 4.78 is 13.5. The molecule has 0 saturated carbocycles. The number of anilines is 1. The largest absolute Gasteiger partial charge is 0.358 e. The van der Waals surface area contributed by atoms with Gasteiger partial charge in [-0.25, -0.2) is 4.39 Å². The number of hydrogen-bond acceptors (Lipinski definition) is 1. The normalized spacial score (nSPS) is 11.2. The third kappa shape index (κ3) is 3.18. The predicted molar refractivity (Wildman–Crippen MR) is 95.9 cm³/mol. The summed E-state index contributed by atoms with van der Waals surface area (Å²) in [4.78, 5) is 15.7. The third-order valence-electron chi connectivity index (χ3n) is 4.28. The summed E-state index contributed by atoms with van der Waals surface area (Å²) in [6.45, 7) is 6.09. The van der Waals surface area contributed by atoms with Crippen LogP contribution in [0.2, 0.25) is 0 Å². The van der Waals surface area contributed by atoms with E-state index in [1.54, 1.807) is 6.07 Å². The zero-order chi connectivity index (χ0) is 17.3. The van der Waals surface area contributed by atoms with Crippen LogP contribution in [0.3, 0.4) is 0 Å². The highest BCUT2D eigenvalue weighted by Crippen LogP contribution is 2.26. The molecule has 0 bridgehead atoms. The second-order valence-corrected chi connectivity index (χ2v) is 6.39. The highest BCUT2D eigenvalue weighted by molar-refractivity contribution is 5.96. The molecule has 24 heavy (non-hydrogen) atoms. The number of nitrogens with one attached hydrogen (secondary N) is 2. The fraction of sp³-hybridized carbons (Fsp3) is 0.250. The second kappa shape index (κ2) is 6.48. The van der Waals surface area contributed by atoms with Gasteiger partial charge in [-0.05, 0) is 48.2 Å². The van der Waals surface area contributed by atoms with Crippen LogP contribution in [0.15, 0.2) is 42.5 Å². The first-order chi connectivity index (χ1) is 11.5. The maximum atomic E-state index is 13.5. The first-order valence-corrected chi connectivity index (χ1v) is 8.11. The number of aryl methyl sites for hydroxylation is 1. The van der Waals surface area contributed by atoms with Gasteiger partial charge in [-0.1, -0.05) is 32.0 Å². The molecule has 3 nitrogen and oxygen atoms in total. The van der Waals surface area contributed by atoms with Gasteiger partial charge in [0, 0.05) is 22.3 Å². The molecule has 0 aliphatic carbocycles. The maximum Gasteiger partial charge on any atom is 0.228 e. The monoisotopic (exact) mass is 324 g/mol. The molecule has 3 aromatic rings. The number of halogens is 1. The summed E-state index contributed by atoms with van der Waals surface area (Å²) in [6.07, 6.45) is 0.210. The number of carbonyl (C=O) groups is 1. The molecule has 2 N–H and O–H groups in total. The van der Waals surface area contributed by atoms with Gasteiger partial charge in [-0.3, -0.25) is 4.79 Å². The summed E-state index contributed by atoms with van der Waals surface area (Å²) in [5.74, 6) is -0.0740. The van der Waals surface area contributed by atoms with Gasteiger partial charge >= 0.3 is 0 Å². The number of amides is 1. The number of H-pyrrole nitrogens is 1. The first-order valence-electron chi connectivity index (χ1n) is 8.11. The number of hydrogen-bond donors (Lipinski definition) is 2. The molecule has 0 spiro atoms. The molecule has 0 aliphatic rings. The molecule has 1 heterocycles. The van der Waals surface area contributed by atoms with E-state index in [1.807, 2.05) is 31.2 Å². The lowest BCUT2D eigenvalue weighted by molar-refractivity contribution is -0.115. The Morgan fingerprint density at radius 3 is 2.71 bits per heavy atom. The van der Waals surface area contributed by atoms with E-state index >= 15 is 0 Å². The molecule has 124 valence electrons. The molecule has 0 atom stereocenters. The zero-order valence-electron chi connectivity index (χ0n) is 14.1. The minimum Gasteiger partial charge on any atom is -0.358 e. The Kier molecular flexibility index (Phi) is 4.38. The van der Waals surface area contributed by atoms with Crippen molar-refractivity contribution in [3.05, 3.63) is 65.1 Å². The highest BCUT2D eigenvalue weighted by atomic mass is 19.1. The average molecular weight is 324 g/mol. The molecular formula is C20H21FN2O. The van der Waals surface area contributed by atoms with E-state index in [0.717, 1.165) is 33.4 Å². The molecule has 0 saturated heterocycles. The Morgan fingerprint density at radius 2 is 1.96 bits per heavy atom. The van der Waals surface area contributed by atoms with Crippen molar-refractivity contribution in [2.75, 3.05) is 5.32 Å². The van der Waals surface area contributed by atoms with Gasteiger partial charge < -0.3 is 10.3 Å². The topological polar surface area (TPSA) is 44.9 Å². The number of para-hydroxylation sites is 1. The number of aromatic amines is 1. The number of fused-ring (bicyclic) bond motifs is 1. The van der Waals surface area contributed by atoms with Gasteiger partial charge in [-0.15, -0.1) is 0 Å². The van der Waals surface area contributed by atoms with Crippen molar-refractivity contribution in [1.82, 2.24) is 4.98 Å². The molecule has 0 aliphatic heterocycles. The minimum absolute atomic E-state index is 0.101.